The fourth-order valence-electron chi connectivity index (χ4n) is 2.97. The van der Waals surface area contributed by atoms with E-state index in [1.165, 1.54) is 17.8 Å². The second kappa shape index (κ2) is 6.98. The molecule has 3 rings (SSSR count). The first kappa shape index (κ1) is 16.4. The molecule has 2 N–H and O–H groups in total. The summed E-state index contributed by atoms with van der Waals surface area (Å²) in [5.41, 5.74) is 8.34. The van der Waals surface area contributed by atoms with Gasteiger partial charge in [0.05, 0.1) is 5.69 Å². The zero-order chi connectivity index (χ0) is 17.1. The first-order valence-corrected chi connectivity index (χ1v) is 8.93. The fraction of sp³-hybridized carbons (Fsp3) is 0.316. The van der Waals surface area contributed by atoms with Gasteiger partial charge >= 0.3 is 0 Å². The predicted molar refractivity (Wildman–Crippen MR) is 98.0 cm³/mol. The average molecular weight is 337 g/mol. The molecule has 1 unspecified atom stereocenters. The third-order valence-electron chi connectivity index (χ3n) is 4.41. The molecule has 0 aliphatic heterocycles. The molecule has 1 fully saturated rings. The monoisotopic (exact) mass is 337 g/mol. The van der Waals surface area contributed by atoms with Crippen LogP contribution in [-0.2, 0) is 0 Å². The summed E-state index contributed by atoms with van der Waals surface area (Å²) in [6.45, 7) is 2.16. The number of rotatable bonds is 3. The van der Waals surface area contributed by atoms with Crippen LogP contribution in [0, 0.1) is 17.2 Å². The summed E-state index contributed by atoms with van der Waals surface area (Å²) in [4.78, 5) is 17.8. The Bertz CT molecular complexity index is 830. The molecular formula is C19H19N3OS. The van der Waals surface area contributed by atoms with Crippen LogP contribution in [0.4, 0.5) is 10.7 Å². The fourth-order valence-corrected chi connectivity index (χ4v) is 4.01. The second-order valence-corrected chi connectivity index (χ2v) is 7.08. The summed E-state index contributed by atoms with van der Waals surface area (Å²) in [7, 11) is 0. The number of nitrogens with two attached hydrogens (primary N) is 1. The van der Waals surface area contributed by atoms with Crippen LogP contribution in [0.5, 0.6) is 0 Å². The molecule has 0 bridgehead atoms. The van der Waals surface area contributed by atoms with Crippen molar-refractivity contribution < 1.29 is 4.79 Å². The summed E-state index contributed by atoms with van der Waals surface area (Å²) in [6.07, 6.45) is 4.42. The highest BCUT2D eigenvalue weighted by molar-refractivity contribution is 7.18. The summed E-state index contributed by atoms with van der Waals surface area (Å²) >= 11 is 1.22. The van der Waals surface area contributed by atoms with E-state index < -0.39 is 0 Å². The molecule has 1 saturated carbocycles. The van der Waals surface area contributed by atoms with Crippen molar-refractivity contribution >= 4 is 33.5 Å². The Morgan fingerprint density at radius 3 is 2.75 bits per heavy atom. The van der Waals surface area contributed by atoms with Gasteiger partial charge in [-0.05, 0) is 25.2 Å². The maximum Gasteiger partial charge on any atom is 0.205 e. The number of aliphatic imine (C=N–C) groups is 1. The third kappa shape index (κ3) is 3.10. The van der Waals surface area contributed by atoms with Gasteiger partial charge in [0.1, 0.15) is 21.5 Å². The Labute approximate surface area is 145 Å². The number of benzene rings is 1. The van der Waals surface area contributed by atoms with Crippen LogP contribution in [-0.4, -0.2) is 11.5 Å². The van der Waals surface area contributed by atoms with Crippen molar-refractivity contribution in [2.45, 2.75) is 32.6 Å². The van der Waals surface area contributed by atoms with Gasteiger partial charge in [-0.25, -0.2) is 4.99 Å². The van der Waals surface area contributed by atoms with E-state index in [-0.39, 0.29) is 11.5 Å². The molecule has 5 heteroatoms. The number of nitrogen functional groups attached to an aromatic ring is 1. The van der Waals surface area contributed by atoms with Crippen LogP contribution < -0.4 is 5.73 Å². The number of hydrogen-bond donors (Lipinski definition) is 1. The van der Waals surface area contributed by atoms with Crippen molar-refractivity contribution in [3.8, 4) is 6.07 Å². The lowest BCUT2D eigenvalue weighted by molar-refractivity contribution is 0.104. The van der Waals surface area contributed by atoms with Gasteiger partial charge in [0.25, 0.3) is 0 Å². The molecule has 1 atom stereocenters. The smallest absolute Gasteiger partial charge is 0.205 e. The highest BCUT2D eigenvalue weighted by atomic mass is 32.1. The van der Waals surface area contributed by atoms with Crippen LogP contribution >= 0.6 is 11.3 Å². The van der Waals surface area contributed by atoms with E-state index in [0.717, 1.165) is 25.0 Å². The Hall–Kier alpha value is -2.45. The topological polar surface area (TPSA) is 79.2 Å². The molecular weight excluding hydrogens is 318 g/mol. The standard InChI is InChI=1S/C19H19N3OS/c1-12-7-5-6-10-15(12)22-19-14(11-20)16(21)18(24-19)17(23)13-8-3-2-4-9-13/h2-4,8-9,12H,5-7,10,21H2,1H3/b22-15+. The molecule has 0 amide bonds. The van der Waals surface area contributed by atoms with Crippen LogP contribution in [0.1, 0.15) is 53.4 Å². The zero-order valence-corrected chi connectivity index (χ0v) is 14.4. The van der Waals surface area contributed by atoms with E-state index in [2.05, 4.69) is 13.0 Å². The number of anilines is 1. The SMILES string of the molecule is CC1CCCC/C1=N\c1sc(C(=O)c2ccccc2)c(N)c1C#N. The van der Waals surface area contributed by atoms with E-state index in [0.29, 0.717) is 26.9 Å². The van der Waals surface area contributed by atoms with Crippen LogP contribution in [0.2, 0.25) is 0 Å². The molecule has 0 radical (unpaired) electrons. The Kier molecular flexibility index (Phi) is 4.77. The van der Waals surface area contributed by atoms with Crippen molar-refractivity contribution in [2.75, 3.05) is 5.73 Å². The molecule has 1 aliphatic rings. The number of nitriles is 1. The van der Waals surface area contributed by atoms with Crippen LogP contribution in [0.3, 0.4) is 0 Å². The number of ketones is 1. The summed E-state index contributed by atoms with van der Waals surface area (Å²) < 4.78 is 0. The van der Waals surface area contributed by atoms with E-state index in [1.54, 1.807) is 12.1 Å². The van der Waals surface area contributed by atoms with Gasteiger partial charge in [-0.2, -0.15) is 5.26 Å². The van der Waals surface area contributed by atoms with Gasteiger partial charge in [0.2, 0.25) is 5.78 Å². The van der Waals surface area contributed by atoms with Crippen molar-refractivity contribution in [2.24, 2.45) is 10.9 Å². The number of thiophene rings is 1. The largest absolute Gasteiger partial charge is 0.396 e. The van der Waals surface area contributed by atoms with Gasteiger partial charge in [0, 0.05) is 11.3 Å². The van der Waals surface area contributed by atoms with E-state index in [4.69, 9.17) is 10.7 Å². The molecule has 1 heterocycles. The van der Waals surface area contributed by atoms with Crippen LogP contribution in [0.15, 0.2) is 35.3 Å². The summed E-state index contributed by atoms with van der Waals surface area (Å²) in [5, 5.41) is 10.0. The van der Waals surface area contributed by atoms with Gasteiger partial charge in [-0.3, -0.25) is 4.79 Å². The minimum absolute atomic E-state index is 0.155. The Balaban J connectivity index is 2.02. The molecule has 24 heavy (non-hydrogen) atoms. The summed E-state index contributed by atoms with van der Waals surface area (Å²) in [6, 6.07) is 11.1. The Morgan fingerprint density at radius 1 is 1.33 bits per heavy atom. The lowest BCUT2D eigenvalue weighted by Crippen LogP contribution is -2.15. The minimum atomic E-state index is -0.155. The van der Waals surface area contributed by atoms with Gasteiger partial charge in [-0.15, -0.1) is 11.3 Å². The number of carbonyl (C=O) groups excluding carboxylic acids is 1. The van der Waals surface area contributed by atoms with Gasteiger partial charge in [0.15, 0.2) is 0 Å². The average Bonchev–Trinajstić information content (AvgIpc) is 2.92. The molecule has 0 spiro atoms. The lowest BCUT2D eigenvalue weighted by Gasteiger charge is -2.19. The highest BCUT2D eigenvalue weighted by Gasteiger charge is 2.23. The molecule has 1 aromatic carbocycles. The zero-order valence-electron chi connectivity index (χ0n) is 13.6. The van der Waals surface area contributed by atoms with E-state index in [1.807, 2.05) is 18.2 Å². The lowest BCUT2D eigenvalue weighted by atomic mass is 9.89. The van der Waals surface area contributed by atoms with E-state index >= 15 is 0 Å². The normalized spacial score (nSPS) is 19.2. The van der Waals surface area contributed by atoms with Gasteiger partial charge < -0.3 is 5.73 Å². The summed E-state index contributed by atoms with van der Waals surface area (Å²) in [5.74, 6) is 0.264. The molecule has 2 aromatic rings. The minimum Gasteiger partial charge on any atom is -0.396 e. The second-order valence-electron chi connectivity index (χ2n) is 6.08. The van der Waals surface area contributed by atoms with Crippen LogP contribution in [0.25, 0.3) is 0 Å². The quantitative estimate of drug-likeness (QED) is 0.823. The number of nitrogens with zero attached hydrogens (tertiary/aromatic N) is 2. The van der Waals surface area contributed by atoms with Gasteiger partial charge in [-0.1, -0.05) is 43.7 Å². The first-order chi connectivity index (χ1) is 11.6. The molecule has 0 saturated heterocycles. The number of hydrogen-bond acceptors (Lipinski definition) is 5. The van der Waals surface area contributed by atoms with Crippen molar-refractivity contribution in [3.05, 3.63) is 46.3 Å². The maximum atomic E-state index is 12.7. The molecule has 4 nitrogen and oxygen atoms in total. The highest BCUT2D eigenvalue weighted by Crippen LogP contribution is 2.39. The predicted octanol–water partition coefficient (Wildman–Crippen LogP) is 4.72. The molecule has 122 valence electrons. The third-order valence-corrected chi connectivity index (χ3v) is 5.51. The van der Waals surface area contributed by atoms with E-state index in [9.17, 15) is 10.1 Å². The van der Waals surface area contributed by atoms with Crippen molar-refractivity contribution in [1.82, 2.24) is 0 Å². The Morgan fingerprint density at radius 2 is 2.08 bits per heavy atom. The molecule has 1 aromatic heterocycles. The maximum absolute atomic E-state index is 12.7. The van der Waals surface area contributed by atoms with Crippen molar-refractivity contribution in [1.29, 1.82) is 5.26 Å². The molecule has 1 aliphatic carbocycles. The van der Waals surface area contributed by atoms with Crippen molar-refractivity contribution in [3.63, 3.8) is 0 Å². The number of carbonyl (C=O) groups is 1. The first-order valence-electron chi connectivity index (χ1n) is 8.11.